The van der Waals surface area contributed by atoms with Crippen LogP contribution in [0.4, 0.5) is 5.69 Å². The second-order valence-electron chi connectivity index (χ2n) is 6.65. The molecular weight excluding hydrogens is 264 g/mol. The predicted octanol–water partition coefficient (Wildman–Crippen LogP) is 2.35. The van der Waals surface area contributed by atoms with E-state index in [9.17, 15) is 9.59 Å². The molecule has 0 aromatic heterocycles. The summed E-state index contributed by atoms with van der Waals surface area (Å²) in [6.45, 7) is 0.808. The lowest BCUT2D eigenvalue weighted by atomic mass is 9.98. The first-order valence-electron chi connectivity index (χ1n) is 7.91. The molecule has 1 aromatic rings. The summed E-state index contributed by atoms with van der Waals surface area (Å²) >= 11 is 0. The van der Waals surface area contributed by atoms with Crippen molar-refractivity contribution in [1.29, 1.82) is 0 Å². The summed E-state index contributed by atoms with van der Waals surface area (Å²) in [5, 5.41) is 5.89. The van der Waals surface area contributed by atoms with Gasteiger partial charge >= 0.3 is 0 Å². The summed E-state index contributed by atoms with van der Waals surface area (Å²) in [5.74, 6) is 2.37. The molecule has 110 valence electrons. The van der Waals surface area contributed by atoms with Crippen LogP contribution in [0.15, 0.2) is 18.2 Å². The van der Waals surface area contributed by atoms with E-state index in [1.54, 1.807) is 6.07 Å². The van der Waals surface area contributed by atoms with Crippen LogP contribution in [0.25, 0.3) is 0 Å². The fourth-order valence-corrected chi connectivity index (χ4v) is 3.45. The Morgan fingerprint density at radius 2 is 1.95 bits per heavy atom. The third-order valence-electron chi connectivity index (χ3n) is 4.95. The van der Waals surface area contributed by atoms with Crippen LogP contribution in [0.3, 0.4) is 0 Å². The van der Waals surface area contributed by atoms with Crippen LogP contribution in [-0.2, 0) is 11.2 Å². The van der Waals surface area contributed by atoms with Gasteiger partial charge in [-0.25, -0.2) is 0 Å². The standard InChI is InChI=1S/C17H20N2O2/c20-16-8-13-7-12(5-6-15(13)19-16)17(21)18-9-14(10-1-2-10)11-3-4-11/h5-7,10-11,14H,1-4,8-9H2,(H,18,21)(H,19,20). The number of amides is 2. The number of hydrogen-bond donors (Lipinski definition) is 2. The summed E-state index contributed by atoms with van der Waals surface area (Å²) in [6, 6.07) is 5.46. The highest BCUT2D eigenvalue weighted by Gasteiger charge is 2.41. The minimum Gasteiger partial charge on any atom is -0.352 e. The first kappa shape index (κ1) is 12.9. The number of benzene rings is 1. The first-order chi connectivity index (χ1) is 10.2. The van der Waals surface area contributed by atoms with Crippen molar-refractivity contribution in [2.75, 3.05) is 11.9 Å². The largest absolute Gasteiger partial charge is 0.352 e. The fourth-order valence-electron chi connectivity index (χ4n) is 3.45. The van der Waals surface area contributed by atoms with Crippen LogP contribution in [0.2, 0.25) is 0 Å². The molecule has 1 aromatic carbocycles. The summed E-state index contributed by atoms with van der Waals surface area (Å²) < 4.78 is 0. The van der Waals surface area contributed by atoms with Crippen molar-refractivity contribution >= 4 is 17.5 Å². The zero-order valence-corrected chi connectivity index (χ0v) is 12.0. The van der Waals surface area contributed by atoms with Crippen LogP contribution < -0.4 is 10.6 Å². The number of fused-ring (bicyclic) bond motifs is 1. The first-order valence-corrected chi connectivity index (χ1v) is 7.91. The highest BCUT2D eigenvalue weighted by Crippen LogP contribution is 2.48. The van der Waals surface area contributed by atoms with E-state index >= 15 is 0 Å². The van der Waals surface area contributed by atoms with Gasteiger partial charge in [0.25, 0.3) is 5.91 Å². The molecule has 2 saturated carbocycles. The Morgan fingerprint density at radius 1 is 1.24 bits per heavy atom. The molecule has 2 aliphatic carbocycles. The number of carbonyl (C=O) groups excluding carboxylic acids is 2. The van der Waals surface area contributed by atoms with Gasteiger partial charge in [0.15, 0.2) is 0 Å². The zero-order valence-electron chi connectivity index (χ0n) is 12.0. The highest BCUT2D eigenvalue weighted by molar-refractivity contribution is 6.01. The fraction of sp³-hybridized carbons (Fsp3) is 0.529. The van der Waals surface area contributed by atoms with E-state index in [0.717, 1.165) is 29.6 Å². The Balaban J connectivity index is 1.40. The van der Waals surface area contributed by atoms with E-state index in [2.05, 4.69) is 10.6 Å². The van der Waals surface area contributed by atoms with Gasteiger partial charge in [-0.15, -0.1) is 0 Å². The predicted molar refractivity (Wildman–Crippen MR) is 80.0 cm³/mol. The van der Waals surface area contributed by atoms with Crippen molar-refractivity contribution in [2.24, 2.45) is 17.8 Å². The van der Waals surface area contributed by atoms with E-state index in [4.69, 9.17) is 0 Å². The molecule has 0 bridgehead atoms. The van der Waals surface area contributed by atoms with Crippen LogP contribution >= 0.6 is 0 Å². The van der Waals surface area contributed by atoms with Crippen LogP contribution in [-0.4, -0.2) is 18.4 Å². The monoisotopic (exact) mass is 284 g/mol. The van der Waals surface area contributed by atoms with Crippen molar-refractivity contribution in [3.63, 3.8) is 0 Å². The summed E-state index contributed by atoms with van der Waals surface area (Å²) in [7, 11) is 0. The molecule has 4 rings (SSSR count). The van der Waals surface area contributed by atoms with E-state index in [1.807, 2.05) is 12.1 Å². The quantitative estimate of drug-likeness (QED) is 0.872. The third kappa shape index (κ3) is 2.67. The molecule has 3 aliphatic rings. The molecular formula is C17H20N2O2. The van der Waals surface area contributed by atoms with Gasteiger partial charge in [-0.1, -0.05) is 0 Å². The molecule has 4 nitrogen and oxygen atoms in total. The van der Waals surface area contributed by atoms with E-state index < -0.39 is 0 Å². The van der Waals surface area contributed by atoms with Crippen LogP contribution in [0.5, 0.6) is 0 Å². The molecule has 2 N–H and O–H groups in total. The molecule has 0 unspecified atom stereocenters. The second kappa shape index (κ2) is 4.86. The minimum absolute atomic E-state index is 0.00471. The lowest BCUT2D eigenvalue weighted by molar-refractivity contribution is -0.115. The Labute approximate surface area is 124 Å². The smallest absolute Gasteiger partial charge is 0.251 e. The molecule has 0 atom stereocenters. The van der Waals surface area contributed by atoms with Crippen molar-refractivity contribution in [1.82, 2.24) is 5.32 Å². The van der Waals surface area contributed by atoms with Gasteiger partial charge in [0, 0.05) is 17.8 Å². The average Bonchev–Trinajstić information content (AvgIpc) is 3.36. The number of rotatable bonds is 5. The number of anilines is 1. The summed E-state index contributed by atoms with van der Waals surface area (Å²) in [6.07, 6.45) is 5.73. The summed E-state index contributed by atoms with van der Waals surface area (Å²) in [4.78, 5) is 23.6. The number of carbonyl (C=O) groups is 2. The van der Waals surface area contributed by atoms with Gasteiger partial charge in [0.1, 0.15) is 0 Å². The van der Waals surface area contributed by atoms with Crippen molar-refractivity contribution in [3.8, 4) is 0 Å². The molecule has 21 heavy (non-hydrogen) atoms. The molecule has 1 aliphatic heterocycles. The normalized spacial score (nSPS) is 20.3. The number of hydrogen-bond acceptors (Lipinski definition) is 2. The van der Waals surface area contributed by atoms with Crippen LogP contribution in [0.1, 0.15) is 41.6 Å². The van der Waals surface area contributed by atoms with Gasteiger partial charge in [-0.3, -0.25) is 9.59 Å². The van der Waals surface area contributed by atoms with E-state index in [-0.39, 0.29) is 11.8 Å². The molecule has 0 spiro atoms. The Morgan fingerprint density at radius 3 is 2.62 bits per heavy atom. The Kier molecular flexibility index (Phi) is 2.98. The molecule has 0 saturated heterocycles. The summed E-state index contributed by atoms with van der Waals surface area (Å²) in [5.41, 5.74) is 2.43. The van der Waals surface area contributed by atoms with Gasteiger partial charge in [0.2, 0.25) is 5.91 Å². The zero-order chi connectivity index (χ0) is 14.4. The van der Waals surface area contributed by atoms with Gasteiger partial charge < -0.3 is 10.6 Å². The molecule has 2 amide bonds. The van der Waals surface area contributed by atoms with Crippen molar-refractivity contribution < 1.29 is 9.59 Å². The van der Waals surface area contributed by atoms with Gasteiger partial charge in [-0.05, 0) is 67.2 Å². The maximum Gasteiger partial charge on any atom is 0.251 e. The van der Waals surface area contributed by atoms with Crippen molar-refractivity contribution in [3.05, 3.63) is 29.3 Å². The van der Waals surface area contributed by atoms with Gasteiger partial charge in [-0.2, -0.15) is 0 Å². The third-order valence-corrected chi connectivity index (χ3v) is 4.95. The maximum absolute atomic E-state index is 12.3. The van der Waals surface area contributed by atoms with Crippen molar-refractivity contribution in [2.45, 2.75) is 32.1 Å². The number of nitrogens with one attached hydrogen (secondary N) is 2. The Hall–Kier alpha value is -1.84. The molecule has 4 heteroatoms. The lowest BCUT2D eigenvalue weighted by Gasteiger charge is -2.16. The lowest BCUT2D eigenvalue weighted by Crippen LogP contribution is -2.31. The molecule has 2 fully saturated rings. The van der Waals surface area contributed by atoms with Crippen LogP contribution in [0, 0.1) is 17.8 Å². The van der Waals surface area contributed by atoms with Gasteiger partial charge in [0.05, 0.1) is 6.42 Å². The highest BCUT2D eigenvalue weighted by atomic mass is 16.2. The topological polar surface area (TPSA) is 58.2 Å². The molecule has 1 heterocycles. The second-order valence-corrected chi connectivity index (χ2v) is 6.65. The van der Waals surface area contributed by atoms with E-state index in [1.165, 1.54) is 25.7 Å². The SMILES string of the molecule is O=C1Cc2cc(C(=O)NCC(C3CC3)C3CC3)ccc2N1. The maximum atomic E-state index is 12.3. The minimum atomic E-state index is -0.0107. The molecule has 0 radical (unpaired) electrons. The average molecular weight is 284 g/mol. The van der Waals surface area contributed by atoms with E-state index in [0.29, 0.717) is 17.9 Å². The Bertz CT molecular complexity index is 591.